The summed E-state index contributed by atoms with van der Waals surface area (Å²) >= 11 is 0. The Balaban J connectivity index is 2.46. The van der Waals surface area contributed by atoms with Crippen LogP contribution < -0.4 is 0 Å². The van der Waals surface area contributed by atoms with Crippen molar-refractivity contribution in [2.24, 2.45) is 0 Å². The minimum absolute atomic E-state index is 0.161. The third-order valence-electron chi connectivity index (χ3n) is 2.41. The zero-order chi connectivity index (χ0) is 12.4. The van der Waals surface area contributed by atoms with Crippen molar-refractivity contribution in [1.82, 2.24) is 9.55 Å². The second kappa shape index (κ2) is 4.37. The molecule has 0 aliphatic heterocycles. The highest BCUT2D eigenvalue weighted by atomic mass is 19.1. The third-order valence-corrected chi connectivity index (χ3v) is 2.41. The van der Waals surface area contributed by atoms with Gasteiger partial charge in [0.15, 0.2) is 0 Å². The predicted octanol–water partition coefficient (Wildman–Crippen LogP) is 1.95. The molecule has 0 amide bonds. The zero-order valence-corrected chi connectivity index (χ0v) is 9.22. The lowest BCUT2D eigenvalue weighted by molar-refractivity contribution is -0.136. The van der Waals surface area contributed by atoms with Gasteiger partial charge in [0.25, 0.3) is 0 Å². The molecule has 0 spiro atoms. The van der Waals surface area contributed by atoms with E-state index in [0.717, 1.165) is 5.69 Å². The van der Waals surface area contributed by atoms with Gasteiger partial charge in [0.05, 0.1) is 0 Å². The number of aryl methyl sites for hydroxylation is 1. The number of benzene rings is 1. The fraction of sp³-hybridized carbons (Fsp3) is 0.167. The molecule has 0 aliphatic rings. The largest absolute Gasteiger partial charge is 0.481 e. The van der Waals surface area contributed by atoms with Crippen LogP contribution in [-0.2, 0) is 11.2 Å². The van der Waals surface area contributed by atoms with E-state index in [0.29, 0.717) is 11.5 Å². The predicted molar refractivity (Wildman–Crippen MR) is 59.6 cm³/mol. The molecular weight excluding hydrogens is 223 g/mol. The highest BCUT2D eigenvalue weighted by Crippen LogP contribution is 2.15. The molecule has 1 aromatic carbocycles. The number of nitrogens with zero attached hydrogens (tertiary/aromatic N) is 2. The Morgan fingerprint density at radius 1 is 1.41 bits per heavy atom. The molecule has 0 saturated carbocycles. The average Bonchev–Trinajstić information content (AvgIpc) is 2.61. The van der Waals surface area contributed by atoms with Crippen LogP contribution in [0.25, 0.3) is 5.69 Å². The number of carbonyl (C=O) groups is 1. The molecule has 88 valence electrons. The number of aromatic nitrogens is 2. The summed E-state index contributed by atoms with van der Waals surface area (Å²) in [6.07, 6.45) is 1.44. The van der Waals surface area contributed by atoms with Crippen LogP contribution in [-0.4, -0.2) is 20.6 Å². The van der Waals surface area contributed by atoms with Gasteiger partial charge in [0, 0.05) is 17.6 Å². The summed E-state index contributed by atoms with van der Waals surface area (Å²) in [5, 5.41) is 8.78. The van der Waals surface area contributed by atoms with Gasteiger partial charge in [0.2, 0.25) is 0 Å². The van der Waals surface area contributed by atoms with Gasteiger partial charge in [-0.15, -0.1) is 0 Å². The van der Waals surface area contributed by atoms with Crippen molar-refractivity contribution in [3.05, 3.63) is 47.8 Å². The summed E-state index contributed by atoms with van der Waals surface area (Å²) in [5.74, 6) is -0.841. The molecule has 1 heterocycles. The smallest absolute Gasteiger partial charge is 0.311 e. The Kier molecular flexibility index (Phi) is 2.91. The molecule has 1 aromatic heterocycles. The molecule has 2 rings (SSSR count). The molecule has 0 saturated heterocycles. The van der Waals surface area contributed by atoms with Gasteiger partial charge in [-0.3, -0.25) is 4.79 Å². The monoisotopic (exact) mass is 234 g/mol. The molecule has 0 bridgehead atoms. The highest BCUT2D eigenvalue weighted by molar-refractivity contribution is 5.69. The molecule has 4 nitrogen and oxygen atoms in total. The number of hydrogen-bond acceptors (Lipinski definition) is 2. The molecular formula is C12H11FN2O2. The topological polar surface area (TPSA) is 55.1 Å². The zero-order valence-electron chi connectivity index (χ0n) is 9.22. The molecule has 0 aliphatic carbocycles. The van der Waals surface area contributed by atoms with Gasteiger partial charge in [-0.25, -0.2) is 9.37 Å². The minimum atomic E-state index is -0.945. The van der Waals surface area contributed by atoms with Crippen molar-refractivity contribution in [3.8, 4) is 5.69 Å². The summed E-state index contributed by atoms with van der Waals surface area (Å²) in [6, 6.07) is 5.85. The fourth-order valence-electron chi connectivity index (χ4n) is 1.69. The SMILES string of the molecule is Cc1cnc(CC(=O)O)n1-c1ccc(F)cc1. The minimum Gasteiger partial charge on any atom is -0.481 e. The maximum atomic E-state index is 12.8. The van der Waals surface area contributed by atoms with Gasteiger partial charge >= 0.3 is 5.97 Å². The third kappa shape index (κ3) is 2.33. The fourth-order valence-corrected chi connectivity index (χ4v) is 1.69. The number of rotatable bonds is 3. The number of aliphatic carboxylic acids is 1. The van der Waals surface area contributed by atoms with E-state index in [4.69, 9.17) is 5.11 Å². The van der Waals surface area contributed by atoms with Gasteiger partial charge in [-0.1, -0.05) is 0 Å². The Morgan fingerprint density at radius 3 is 2.65 bits per heavy atom. The van der Waals surface area contributed by atoms with Crippen molar-refractivity contribution < 1.29 is 14.3 Å². The van der Waals surface area contributed by atoms with E-state index < -0.39 is 5.97 Å². The second-order valence-corrected chi connectivity index (χ2v) is 3.70. The summed E-state index contributed by atoms with van der Waals surface area (Å²) in [5.41, 5.74) is 1.52. The summed E-state index contributed by atoms with van der Waals surface area (Å²) in [6.45, 7) is 1.82. The van der Waals surface area contributed by atoms with Crippen LogP contribution >= 0.6 is 0 Å². The summed E-state index contributed by atoms with van der Waals surface area (Å²) in [7, 11) is 0. The van der Waals surface area contributed by atoms with E-state index in [9.17, 15) is 9.18 Å². The lowest BCUT2D eigenvalue weighted by atomic mass is 10.3. The average molecular weight is 234 g/mol. The molecule has 5 heteroatoms. The van der Waals surface area contributed by atoms with E-state index in [1.165, 1.54) is 12.1 Å². The first kappa shape index (κ1) is 11.3. The van der Waals surface area contributed by atoms with Crippen molar-refractivity contribution in [3.63, 3.8) is 0 Å². The van der Waals surface area contributed by atoms with Crippen molar-refractivity contribution >= 4 is 5.97 Å². The standard InChI is InChI=1S/C12H11FN2O2/c1-8-7-14-11(6-12(16)17)15(8)10-4-2-9(13)3-5-10/h2-5,7H,6H2,1H3,(H,16,17). The van der Waals surface area contributed by atoms with Crippen LogP contribution in [0.15, 0.2) is 30.5 Å². The quantitative estimate of drug-likeness (QED) is 0.883. The number of carboxylic acid groups (broad SMARTS) is 1. The number of halogens is 1. The first-order valence-corrected chi connectivity index (χ1v) is 5.09. The maximum Gasteiger partial charge on any atom is 0.311 e. The van der Waals surface area contributed by atoms with E-state index in [1.54, 1.807) is 22.9 Å². The van der Waals surface area contributed by atoms with Crippen molar-refractivity contribution in [2.75, 3.05) is 0 Å². The van der Waals surface area contributed by atoms with Crippen LogP contribution in [0.1, 0.15) is 11.5 Å². The first-order valence-electron chi connectivity index (χ1n) is 5.09. The Labute approximate surface area is 97.3 Å². The van der Waals surface area contributed by atoms with Crippen molar-refractivity contribution in [1.29, 1.82) is 0 Å². The number of imidazole rings is 1. The van der Waals surface area contributed by atoms with Gasteiger partial charge in [-0.2, -0.15) is 0 Å². The van der Waals surface area contributed by atoms with E-state index >= 15 is 0 Å². The van der Waals surface area contributed by atoms with Crippen LogP contribution in [0.4, 0.5) is 4.39 Å². The normalized spacial score (nSPS) is 10.5. The van der Waals surface area contributed by atoms with Crippen molar-refractivity contribution in [2.45, 2.75) is 13.3 Å². The summed E-state index contributed by atoms with van der Waals surface area (Å²) in [4.78, 5) is 14.7. The number of hydrogen-bond donors (Lipinski definition) is 1. The van der Waals surface area contributed by atoms with Crippen LogP contribution in [0, 0.1) is 12.7 Å². The molecule has 17 heavy (non-hydrogen) atoms. The van der Waals surface area contributed by atoms with Crippen LogP contribution in [0.3, 0.4) is 0 Å². The summed E-state index contributed by atoms with van der Waals surface area (Å²) < 4.78 is 14.5. The van der Waals surface area contributed by atoms with E-state index in [-0.39, 0.29) is 12.2 Å². The van der Waals surface area contributed by atoms with E-state index in [2.05, 4.69) is 4.98 Å². The Morgan fingerprint density at radius 2 is 2.06 bits per heavy atom. The molecule has 0 radical (unpaired) electrons. The number of carboxylic acids is 1. The molecule has 2 aromatic rings. The van der Waals surface area contributed by atoms with Crippen LogP contribution in [0.2, 0.25) is 0 Å². The molecule has 0 atom stereocenters. The maximum absolute atomic E-state index is 12.8. The van der Waals surface area contributed by atoms with Gasteiger partial charge in [0.1, 0.15) is 18.1 Å². The molecule has 0 fully saturated rings. The van der Waals surface area contributed by atoms with Crippen LogP contribution in [0.5, 0.6) is 0 Å². The second-order valence-electron chi connectivity index (χ2n) is 3.70. The molecule has 0 unspecified atom stereocenters. The first-order chi connectivity index (χ1) is 8.08. The lowest BCUT2D eigenvalue weighted by Gasteiger charge is -2.08. The Bertz CT molecular complexity index is 546. The highest BCUT2D eigenvalue weighted by Gasteiger charge is 2.12. The van der Waals surface area contributed by atoms with Gasteiger partial charge in [-0.05, 0) is 31.2 Å². The molecule has 1 N–H and O–H groups in total. The lowest BCUT2D eigenvalue weighted by Crippen LogP contribution is -2.09. The van der Waals surface area contributed by atoms with Gasteiger partial charge < -0.3 is 9.67 Å². The Hall–Kier alpha value is -2.17. The van der Waals surface area contributed by atoms with E-state index in [1.807, 2.05) is 6.92 Å².